The smallest absolute Gasteiger partial charge is 0.387 e. The van der Waals surface area contributed by atoms with Gasteiger partial charge in [-0.05, 0) is 41.8 Å². The van der Waals surface area contributed by atoms with Gasteiger partial charge in [0.2, 0.25) is 0 Å². The van der Waals surface area contributed by atoms with Crippen molar-refractivity contribution in [2.24, 2.45) is 0 Å². The Bertz CT molecular complexity index is 934. The van der Waals surface area contributed by atoms with E-state index < -0.39 is 6.61 Å². The summed E-state index contributed by atoms with van der Waals surface area (Å²) in [4.78, 5) is 11.9. The lowest BCUT2D eigenvalue weighted by Gasteiger charge is -2.22. The Morgan fingerprint density at radius 3 is 2.38 bits per heavy atom. The SMILES string of the molecule is CC(=O)CC(c1ccccc1OC(F)F)c1ccc2ccccc2c1C. The van der Waals surface area contributed by atoms with Crippen molar-refractivity contribution in [3.63, 3.8) is 0 Å². The fourth-order valence-corrected chi connectivity index (χ4v) is 3.47. The molecule has 0 heterocycles. The van der Waals surface area contributed by atoms with Crippen LogP contribution in [0.5, 0.6) is 5.75 Å². The topological polar surface area (TPSA) is 26.3 Å². The van der Waals surface area contributed by atoms with E-state index in [0.717, 1.165) is 21.9 Å². The molecule has 1 atom stereocenters. The number of benzene rings is 3. The number of rotatable bonds is 6. The Morgan fingerprint density at radius 1 is 0.962 bits per heavy atom. The summed E-state index contributed by atoms with van der Waals surface area (Å²) in [6.45, 7) is 0.605. The van der Waals surface area contributed by atoms with Crippen LogP contribution < -0.4 is 4.74 Å². The summed E-state index contributed by atoms with van der Waals surface area (Å²) >= 11 is 0. The first-order chi connectivity index (χ1) is 12.5. The van der Waals surface area contributed by atoms with Crippen molar-refractivity contribution in [1.29, 1.82) is 0 Å². The van der Waals surface area contributed by atoms with E-state index in [1.54, 1.807) is 18.2 Å². The number of alkyl halides is 2. The maximum atomic E-state index is 12.8. The van der Waals surface area contributed by atoms with E-state index in [9.17, 15) is 13.6 Å². The van der Waals surface area contributed by atoms with Crippen LogP contribution in [-0.2, 0) is 4.79 Å². The normalized spacial score (nSPS) is 12.3. The molecule has 0 N–H and O–H groups in total. The second-order valence-corrected chi connectivity index (χ2v) is 6.38. The maximum absolute atomic E-state index is 12.8. The molecule has 3 aromatic carbocycles. The van der Waals surface area contributed by atoms with E-state index in [1.165, 1.54) is 13.0 Å². The summed E-state index contributed by atoms with van der Waals surface area (Å²) in [7, 11) is 0. The Hall–Kier alpha value is -2.75. The third-order valence-corrected chi connectivity index (χ3v) is 4.62. The fraction of sp³-hybridized carbons (Fsp3) is 0.227. The van der Waals surface area contributed by atoms with Crippen LogP contribution in [0.4, 0.5) is 8.78 Å². The van der Waals surface area contributed by atoms with Gasteiger partial charge in [-0.15, -0.1) is 0 Å². The molecule has 0 saturated carbocycles. The van der Waals surface area contributed by atoms with Gasteiger partial charge in [0.1, 0.15) is 11.5 Å². The molecule has 0 fully saturated rings. The Morgan fingerprint density at radius 2 is 1.65 bits per heavy atom. The van der Waals surface area contributed by atoms with E-state index in [0.29, 0.717) is 5.56 Å². The number of carbonyl (C=O) groups is 1. The highest BCUT2D eigenvalue weighted by Crippen LogP contribution is 2.38. The predicted octanol–water partition coefficient (Wildman–Crippen LogP) is 5.86. The third kappa shape index (κ3) is 3.74. The zero-order chi connectivity index (χ0) is 18.7. The number of para-hydroxylation sites is 1. The van der Waals surface area contributed by atoms with Gasteiger partial charge in [0.25, 0.3) is 0 Å². The summed E-state index contributed by atoms with van der Waals surface area (Å²) in [6, 6.07) is 18.7. The fourth-order valence-electron chi connectivity index (χ4n) is 3.47. The zero-order valence-corrected chi connectivity index (χ0v) is 14.7. The molecule has 26 heavy (non-hydrogen) atoms. The number of Topliss-reactive ketones (excluding diaryl/α,β-unsaturated/α-hetero) is 1. The molecule has 0 aromatic heterocycles. The van der Waals surface area contributed by atoms with Crippen LogP contribution in [0.3, 0.4) is 0 Å². The molecular formula is C22H20F2O2. The number of fused-ring (bicyclic) bond motifs is 1. The molecule has 3 rings (SSSR count). The van der Waals surface area contributed by atoms with Crippen LogP contribution in [-0.4, -0.2) is 12.4 Å². The molecule has 0 saturated heterocycles. The maximum Gasteiger partial charge on any atom is 0.387 e. The molecule has 0 aliphatic rings. The summed E-state index contributed by atoms with van der Waals surface area (Å²) in [5, 5.41) is 2.19. The lowest BCUT2D eigenvalue weighted by Crippen LogP contribution is -2.12. The minimum Gasteiger partial charge on any atom is -0.435 e. The first kappa shape index (κ1) is 18.1. The number of halogens is 2. The molecule has 0 aliphatic heterocycles. The molecule has 0 radical (unpaired) electrons. The minimum atomic E-state index is -2.91. The highest BCUT2D eigenvalue weighted by Gasteiger charge is 2.23. The van der Waals surface area contributed by atoms with Gasteiger partial charge < -0.3 is 4.74 Å². The first-order valence-electron chi connectivity index (χ1n) is 8.48. The van der Waals surface area contributed by atoms with Gasteiger partial charge >= 0.3 is 6.61 Å². The summed E-state index contributed by atoms with van der Waals surface area (Å²) in [5.74, 6) is -0.234. The van der Waals surface area contributed by atoms with Crippen LogP contribution in [0.25, 0.3) is 10.8 Å². The van der Waals surface area contributed by atoms with Crippen molar-refractivity contribution in [2.45, 2.75) is 32.8 Å². The van der Waals surface area contributed by atoms with Gasteiger partial charge in [0, 0.05) is 17.9 Å². The quantitative estimate of drug-likeness (QED) is 0.554. The summed E-state index contributed by atoms with van der Waals surface area (Å²) < 4.78 is 30.4. The van der Waals surface area contributed by atoms with Gasteiger partial charge in [-0.3, -0.25) is 4.79 Å². The second-order valence-electron chi connectivity index (χ2n) is 6.38. The highest BCUT2D eigenvalue weighted by molar-refractivity contribution is 5.87. The molecule has 0 bridgehead atoms. The Kier molecular flexibility index (Phi) is 5.31. The van der Waals surface area contributed by atoms with Crippen LogP contribution in [0.1, 0.15) is 36.0 Å². The average molecular weight is 354 g/mol. The molecular weight excluding hydrogens is 334 g/mol. The Balaban J connectivity index is 2.17. The van der Waals surface area contributed by atoms with Crippen molar-refractivity contribution in [1.82, 2.24) is 0 Å². The molecule has 4 heteroatoms. The van der Waals surface area contributed by atoms with E-state index in [-0.39, 0.29) is 23.9 Å². The van der Waals surface area contributed by atoms with Gasteiger partial charge in [0.15, 0.2) is 0 Å². The van der Waals surface area contributed by atoms with Crippen LogP contribution in [0.2, 0.25) is 0 Å². The molecule has 0 aliphatic carbocycles. The summed E-state index contributed by atoms with van der Waals surface area (Å²) in [6.07, 6.45) is 0.225. The third-order valence-electron chi connectivity index (χ3n) is 4.62. The number of ketones is 1. The van der Waals surface area contributed by atoms with Crippen molar-refractivity contribution < 1.29 is 18.3 Å². The molecule has 2 nitrogen and oxygen atoms in total. The second kappa shape index (κ2) is 7.65. The van der Waals surface area contributed by atoms with Gasteiger partial charge in [-0.25, -0.2) is 0 Å². The first-order valence-corrected chi connectivity index (χ1v) is 8.48. The number of ether oxygens (including phenoxy) is 1. The van der Waals surface area contributed by atoms with Crippen molar-refractivity contribution >= 4 is 16.6 Å². The number of carbonyl (C=O) groups excluding carboxylic acids is 1. The summed E-state index contributed by atoms with van der Waals surface area (Å²) in [5.41, 5.74) is 2.59. The van der Waals surface area contributed by atoms with E-state index >= 15 is 0 Å². The monoisotopic (exact) mass is 354 g/mol. The molecule has 0 amide bonds. The van der Waals surface area contributed by atoms with E-state index in [2.05, 4.69) is 0 Å². The highest BCUT2D eigenvalue weighted by atomic mass is 19.3. The lowest BCUT2D eigenvalue weighted by atomic mass is 9.83. The van der Waals surface area contributed by atoms with Gasteiger partial charge in [-0.1, -0.05) is 54.6 Å². The molecule has 134 valence electrons. The van der Waals surface area contributed by atoms with E-state index in [1.807, 2.05) is 43.3 Å². The van der Waals surface area contributed by atoms with Crippen LogP contribution in [0.15, 0.2) is 60.7 Å². The van der Waals surface area contributed by atoms with E-state index in [4.69, 9.17) is 4.74 Å². The standard InChI is InChI=1S/C22H20F2O2/c1-14(25)13-20(19-9-5-6-10-21(19)26-22(23)24)18-12-11-16-7-3-4-8-17(16)15(18)2/h3-12,20,22H,13H2,1-2H3. The van der Waals surface area contributed by atoms with Crippen LogP contribution >= 0.6 is 0 Å². The number of hydrogen-bond acceptors (Lipinski definition) is 2. The Labute approximate surface area is 151 Å². The minimum absolute atomic E-state index is 0.00518. The van der Waals surface area contributed by atoms with Gasteiger partial charge in [-0.2, -0.15) is 8.78 Å². The predicted molar refractivity (Wildman–Crippen MR) is 98.9 cm³/mol. The zero-order valence-electron chi connectivity index (χ0n) is 14.7. The van der Waals surface area contributed by atoms with Crippen LogP contribution in [0, 0.1) is 6.92 Å². The van der Waals surface area contributed by atoms with Gasteiger partial charge in [0.05, 0.1) is 0 Å². The molecule has 0 spiro atoms. The molecule has 3 aromatic rings. The largest absolute Gasteiger partial charge is 0.435 e. The van der Waals surface area contributed by atoms with Crippen molar-refractivity contribution in [3.05, 3.63) is 77.4 Å². The van der Waals surface area contributed by atoms with Crippen molar-refractivity contribution in [2.75, 3.05) is 0 Å². The average Bonchev–Trinajstić information content (AvgIpc) is 2.61. The lowest BCUT2D eigenvalue weighted by molar-refractivity contribution is -0.117. The number of aryl methyl sites for hydroxylation is 1. The van der Waals surface area contributed by atoms with Crippen molar-refractivity contribution in [3.8, 4) is 5.75 Å². The number of hydrogen-bond donors (Lipinski definition) is 0. The molecule has 1 unspecified atom stereocenters.